The number of carbonyl (C=O) groups excluding carboxylic acids is 1. The Morgan fingerprint density at radius 3 is 2.20 bits per heavy atom. The summed E-state index contributed by atoms with van der Waals surface area (Å²) in [4.78, 5) is 12.7. The van der Waals surface area contributed by atoms with E-state index in [1.165, 1.54) is 16.4 Å². The van der Waals surface area contributed by atoms with Gasteiger partial charge in [-0.2, -0.15) is 4.31 Å². The molecule has 1 fully saturated rings. The Hall–Kier alpha value is -2.25. The fourth-order valence-electron chi connectivity index (χ4n) is 3.81. The van der Waals surface area contributed by atoms with Gasteiger partial charge in [0.15, 0.2) is 0 Å². The molecule has 0 radical (unpaired) electrons. The number of sulfonamides is 1. The zero-order chi connectivity index (χ0) is 21.7. The molecule has 1 aliphatic carbocycles. The number of nitrogens with zero attached hydrogens (tertiary/aromatic N) is 1. The van der Waals surface area contributed by atoms with Gasteiger partial charge in [-0.05, 0) is 60.7 Å². The lowest BCUT2D eigenvalue weighted by Crippen LogP contribution is -2.45. The molecule has 0 spiro atoms. The third-order valence-corrected chi connectivity index (χ3v) is 7.48. The van der Waals surface area contributed by atoms with Crippen LogP contribution in [0.5, 0.6) is 0 Å². The summed E-state index contributed by atoms with van der Waals surface area (Å²) >= 11 is 0. The van der Waals surface area contributed by atoms with Crippen LogP contribution in [0.2, 0.25) is 0 Å². The molecule has 5 nitrogen and oxygen atoms in total. The van der Waals surface area contributed by atoms with E-state index < -0.39 is 15.8 Å². The van der Waals surface area contributed by atoms with Crippen LogP contribution < -0.4 is 5.32 Å². The summed E-state index contributed by atoms with van der Waals surface area (Å²) in [6.07, 6.45) is 4.36. The summed E-state index contributed by atoms with van der Waals surface area (Å²) < 4.78 is 41.1. The van der Waals surface area contributed by atoms with Crippen molar-refractivity contribution in [3.8, 4) is 0 Å². The van der Waals surface area contributed by atoms with E-state index in [0.29, 0.717) is 11.6 Å². The van der Waals surface area contributed by atoms with Gasteiger partial charge < -0.3 is 5.32 Å². The van der Waals surface area contributed by atoms with Crippen LogP contribution in [0.15, 0.2) is 53.4 Å². The Kier molecular flexibility index (Phi) is 7.26. The third kappa shape index (κ3) is 5.46. The largest absolute Gasteiger partial charge is 0.325 e. The van der Waals surface area contributed by atoms with Crippen LogP contribution in [0.4, 0.5) is 10.1 Å². The summed E-state index contributed by atoms with van der Waals surface area (Å²) in [5, 5.41) is 2.81. The van der Waals surface area contributed by atoms with Crippen LogP contribution >= 0.6 is 0 Å². The molecule has 30 heavy (non-hydrogen) atoms. The van der Waals surface area contributed by atoms with Crippen molar-refractivity contribution >= 4 is 21.6 Å². The smallest absolute Gasteiger partial charge is 0.243 e. The summed E-state index contributed by atoms with van der Waals surface area (Å²) in [6, 6.07) is 12.1. The van der Waals surface area contributed by atoms with Crippen molar-refractivity contribution in [2.45, 2.75) is 62.8 Å². The number of halogens is 1. The van der Waals surface area contributed by atoms with Crippen molar-refractivity contribution in [2.75, 3.05) is 11.9 Å². The van der Waals surface area contributed by atoms with E-state index in [-0.39, 0.29) is 23.4 Å². The molecule has 0 unspecified atom stereocenters. The zero-order valence-electron chi connectivity index (χ0n) is 17.5. The second kappa shape index (κ2) is 9.71. The molecule has 0 aromatic heterocycles. The quantitative estimate of drug-likeness (QED) is 0.676. The van der Waals surface area contributed by atoms with Gasteiger partial charge in [0.05, 0.1) is 11.4 Å². The predicted octanol–water partition coefficient (Wildman–Crippen LogP) is 4.91. The summed E-state index contributed by atoms with van der Waals surface area (Å²) in [6.45, 7) is 3.92. The van der Waals surface area contributed by atoms with Crippen molar-refractivity contribution in [3.05, 3.63) is 59.9 Å². The van der Waals surface area contributed by atoms with E-state index in [2.05, 4.69) is 19.2 Å². The van der Waals surface area contributed by atoms with Gasteiger partial charge in [0, 0.05) is 11.7 Å². The molecule has 1 amide bonds. The lowest BCUT2D eigenvalue weighted by atomic mass is 9.95. The first-order chi connectivity index (χ1) is 14.3. The Morgan fingerprint density at radius 2 is 1.63 bits per heavy atom. The highest BCUT2D eigenvalue weighted by Crippen LogP contribution is 2.28. The van der Waals surface area contributed by atoms with Gasteiger partial charge in [-0.1, -0.05) is 45.2 Å². The van der Waals surface area contributed by atoms with Crippen molar-refractivity contribution in [3.63, 3.8) is 0 Å². The highest BCUT2D eigenvalue weighted by molar-refractivity contribution is 7.89. The highest BCUT2D eigenvalue weighted by Gasteiger charge is 2.34. The van der Waals surface area contributed by atoms with Crippen LogP contribution in [0.25, 0.3) is 0 Å². The third-order valence-electron chi connectivity index (χ3n) is 5.56. The molecule has 2 aromatic rings. The highest BCUT2D eigenvalue weighted by atomic mass is 32.2. The molecule has 7 heteroatoms. The van der Waals surface area contributed by atoms with E-state index in [4.69, 9.17) is 0 Å². The maximum atomic E-state index is 13.3. The number of amides is 1. The Balaban J connectivity index is 1.80. The molecular formula is C23H29FN2O3S. The van der Waals surface area contributed by atoms with Crippen molar-refractivity contribution in [2.24, 2.45) is 0 Å². The van der Waals surface area contributed by atoms with E-state index >= 15 is 0 Å². The number of rotatable bonds is 7. The molecule has 1 N–H and O–H groups in total. The molecular weight excluding hydrogens is 403 g/mol. The van der Waals surface area contributed by atoms with Crippen LogP contribution in [0.1, 0.15) is 57.4 Å². The molecule has 3 rings (SSSR count). The van der Waals surface area contributed by atoms with Crippen molar-refractivity contribution in [1.29, 1.82) is 0 Å². The minimum Gasteiger partial charge on any atom is -0.325 e. The molecule has 1 aliphatic rings. The molecule has 0 saturated heterocycles. The van der Waals surface area contributed by atoms with Gasteiger partial charge in [0.25, 0.3) is 0 Å². The lowest BCUT2D eigenvalue weighted by molar-refractivity contribution is -0.116. The molecule has 0 heterocycles. The number of anilines is 1. The van der Waals surface area contributed by atoms with Crippen LogP contribution in [0, 0.1) is 5.82 Å². The number of carbonyl (C=O) groups is 1. The number of benzene rings is 2. The molecule has 2 aromatic carbocycles. The van der Waals surface area contributed by atoms with Gasteiger partial charge in [0.1, 0.15) is 5.82 Å². The van der Waals surface area contributed by atoms with E-state index in [1.54, 1.807) is 0 Å². The Labute approximate surface area is 178 Å². The van der Waals surface area contributed by atoms with Crippen molar-refractivity contribution in [1.82, 2.24) is 4.31 Å². The zero-order valence-corrected chi connectivity index (χ0v) is 18.3. The molecule has 0 bridgehead atoms. The van der Waals surface area contributed by atoms with E-state index in [9.17, 15) is 17.6 Å². The topological polar surface area (TPSA) is 66.5 Å². The van der Waals surface area contributed by atoms with Gasteiger partial charge in [-0.25, -0.2) is 12.8 Å². The number of hydrogen-bond acceptors (Lipinski definition) is 3. The Bertz CT molecular complexity index is 951. The fourth-order valence-corrected chi connectivity index (χ4v) is 5.46. The SMILES string of the molecule is CC(C)c1ccc(NC(=O)CN(C2CCCCC2)S(=O)(=O)c2ccc(F)cc2)cc1. The normalized spacial score (nSPS) is 15.5. The maximum absolute atomic E-state index is 13.3. The van der Waals surface area contributed by atoms with Crippen LogP contribution in [-0.2, 0) is 14.8 Å². The fraction of sp³-hybridized carbons (Fsp3) is 0.435. The Morgan fingerprint density at radius 1 is 1.03 bits per heavy atom. The molecule has 0 atom stereocenters. The predicted molar refractivity (Wildman–Crippen MR) is 116 cm³/mol. The second-order valence-electron chi connectivity index (χ2n) is 8.12. The van der Waals surface area contributed by atoms with Gasteiger partial charge in [-0.15, -0.1) is 0 Å². The number of nitrogens with one attached hydrogen (secondary N) is 1. The van der Waals surface area contributed by atoms with E-state index in [1.807, 2.05) is 24.3 Å². The van der Waals surface area contributed by atoms with Gasteiger partial charge in [-0.3, -0.25) is 4.79 Å². The van der Waals surface area contributed by atoms with Gasteiger partial charge >= 0.3 is 0 Å². The van der Waals surface area contributed by atoms with Crippen LogP contribution in [0.3, 0.4) is 0 Å². The second-order valence-corrected chi connectivity index (χ2v) is 10.0. The minimum absolute atomic E-state index is 0.00330. The van der Waals surface area contributed by atoms with E-state index in [0.717, 1.165) is 49.8 Å². The molecule has 162 valence electrons. The van der Waals surface area contributed by atoms with Gasteiger partial charge in [0.2, 0.25) is 15.9 Å². The number of hydrogen-bond donors (Lipinski definition) is 1. The standard InChI is InChI=1S/C23H29FN2O3S/c1-17(2)18-8-12-20(13-9-18)25-23(27)16-26(21-6-4-3-5-7-21)30(28,29)22-14-10-19(24)11-15-22/h8-15,17,21H,3-7,16H2,1-2H3,(H,25,27). The van der Waals surface area contributed by atoms with Crippen LogP contribution in [-0.4, -0.2) is 31.2 Å². The monoisotopic (exact) mass is 432 g/mol. The molecule has 1 saturated carbocycles. The average molecular weight is 433 g/mol. The lowest BCUT2D eigenvalue weighted by Gasteiger charge is -2.33. The first-order valence-corrected chi connectivity index (χ1v) is 11.9. The summed E-state index contributed by atoms with van der Waals surface area (Å²) in [5.74, 6) is -0.498. The first kappa shape index (κ1) is 22.4. The van der Waals surface area contributed by atoms with Crippen molar-refractivity contribution < 1.29 is 17.6 Å². The molecule has 0 aliphatic heterocycles. The maximum Gasteiger partial charge on any atom is 0.243 e. The average Bonchev–Trinajstić information content (AvgIpc) is 2.73. The summed E-state index contributed by atoms with van der Waals surface area (Å²) in [7, 11) is -3.92. The summed E-state index contributed by atoms with van der Waals surface area (Å²) in [5.41, 5.74) is 1.79. The first-order valence-electron chi connectivity index (χ1n) is 10.4. The minimum atomic E-state index is -3.92.